The summed E-state index contributed by atoms with van der Waals surface area (Å²) in [7, 11) is 0. The van der Waals surface area contributed by atoms with Crippen LogP contribution in [-0.2, 0) is 0 Å². The molecule has 0 spiro atoms. The van der Waals surface area contributed by atoms with Gasteiger partial charge in [0.05, 0.1) is 6.61 Å². The minimum absolute atomic E-state index is 0.392. The van der Waals surface area contributed by atoms with E-state index in [1.165, 1.54) is 11.3 Å². The summed E-state index contributed by atoms with van der Waals surface area (Å²) in [5, 5.41) is 15.1. The fourth-order valence-electron chi connectivity index (χ4n) is 2.18. The monoisotopic (exact) mass is 400 g/mol. The maximum absolute atomic E-state index is 12.1. The first-order valence-electron chi connectivity index (χ1n) is 8.21. The number of hydrogen-bond donors (Lipinski definition) is 2. The summed E-state index contributed by atoms with van der Waals surface area (Å²) in [6, 6.07) is 14.2. The van der Waals surface area contributed by atoms with Crippen molar-refractivity contribution in [3.05, 3.63) is 64.1 Å². The molecule has 0 saturated carbocycles. The summed E-state index contributed by atoms with van der Waals surface area (Å²) >= 11 is 7.37. The molecule has 3 rings (SSSR count). The molecule has 0 saturated heterocycles. The molecule has 2 N–H and O–H groups in total. The number of nitrogens with one attached hydrogen (secondary N) is 2. The topological polar surface area (TPSA) is 76.1 Å². The molecule has 0 radical (unpaired) electrons. The van der Waals surface area contributed by atoms with E-state index in [-0.39, 0.29) is 0 Å². The number of hydrogen-bond acceptors (Lipinski definition) is 5. The second-order valence-corrected chi connectivity index (χ2v) is 6.75. The molecule has 0 aliphatic rings. The van der Waals surface area contributed by atoms with Crippen molar-refractivity contribution in [1.29, 1.82) is 0 Å². The van der Waals surface area contributed by atoms with Gasteiger partial charge in [-0.3, -0.25) is 5.32 Å². The summed E-state index contributed by atoms with van der Waals surface area (Å²) in [5.74, 6) is 0.752. The van der Waals surface area contributed by atoms with Crippen molar-refractivity contribution in [2.75, 3.05) is 17.2 Å². The summed E-state index contributed by atoms with van der Waals surface area (Å²) in [6.45, 7) is 2.51. The fraction of sp³-hybridized carbons (Fsp3) is 0.105. The van der Waals surface area contributed by atoms with Gasteiger partial charge in [0.2, 0.25) is 5.13 Å². The minimum Gasteiger partial charge on any atom is -0.494 e. The van der Waals surface area contributed by atoms with Crippen molar-refractivity contribution in [2.45, 2.75) is 6.92 Å². The van der Waals surface area contributed by atoms with Crippen LogP contribution < -0.4 is 15.4 Å². The van der Waals surface area contributed by atoms with Crippen molar-refractivity contribution >= 4 is 51.9 Å². The van der Waals surface area contributed by atoms with Crippen molar-refractivity contribution < 1.29 is 9.53 Å². The molecule has 2 aromatic carbocycles. The molecule has 8 heteroatoms. The lowest BCUT2D eigenvalue weighted by Crippen LogP contribution is -2.19. The van der Waals surface area contributed by atoms with Gasteiger partial charge in [-0.05, 0) is 48.9 Å². The first-order valence-corrected chi connectivity index (χ1v) is 9.40. The highest BCUT2D eigenvalue weighted by Crippen LogP contribution is 2.21. The molecule has 0 bridgehead atoms. The smallest absolute Gasteiger partial charge is 0.325 e. The number of rotatable bonds is 6. The van der Waals surface area contributed by atoms with Crippen LogP contribution in [0.2, 0.25) is 5.02 Å². The van der Waals surface area contributed by atoms with E-state index >= 15 is 0 Å². The van der Waals surface area contributed by atoms with Crippen molar-refractivity contribution in [3.63, 3.8) is 0 Å². The minimum atomic E-state index is -0.392. The number of urea groups is 1. The molecular weight excluding hydrogens is 384 g/mol. The highest BCUT2D eigenvalue weighted by Gasteiger charge is 2.07. The van der Waals surface area contributed by atoms with Gasteiger partial charge in [0.25, 0.3) is 0 Å². The average Bonchev–Trinajstić information content (AvgIpc) is 3.10. The quantitative estimate of drug-likeness (QED) is 0.580. The highest BCUT2D eigenvalue weighted by molar-refractivity contribution is 7.16. The molecule has 1 heterocycles. The number of benzene rings is 2. The Hall–Kier alpha value is -2.90. The van der Waals surface area contributed by atoms with Crippen LogP contribution in [0.1, 0.15) is 17.5 Å². The van der Waals surface area contributed by atoms with Crippen LogP contribution in [0.3, 0.4) is 0 Å². The molecule has 0 aliphatic carbocycles. The first kappa shape index (κ1) is 18.9. The number of amides is 2. The van der Waals surface area contributed by atoms with Crippen molar-refractivity contribution in [3.8, 4) is 5.75 Å². The van der Waals surface area contributed by atoms with Crippen LogP contribution in [0.5, 0.6) is 5.75 Å². The Labute approximate surface area is 165 Å². The first-order chi connectivity index (χ1) is 13.1. The maximum Gasteiger partial charge on any atom is 0.325 e. The van der Waals surface area contributed by atoms with Crippen LogP contribution in [0.15, 0.2) is 48.5 Å². The third-order valence-corrected chi connectivity index (χ3v) is 4.54. The summed E-state index contributed by atoms with van der Waals surface area (Å²) in [4.78, 5) is 12.1. The Morgan fingerprint density at radius 3 is 2.63 bits per heavy atom. The highest BCUT2D eigenvalue weighted by atomic mass is 35.5. The van der Waals surface area contributed by atoms with Crippen LogP contribution in [0.4, 0.5) is 15.6 Å². The molecule has 0 fully saturated rings. The van der Waals surface area contributed by atoms with E-state index in [0.717, 1.165) is 11.3 Å². The number of carbonyl (C=O) groups is 1. The van der Waals surface area contributed by atoms with Crippen LogP contribution in [-0.4, -0.2) is 22.8 Å². The second-order valence-electron chi connectivity index (χ2n) is 5.34. The zero-order chi connectivity index (χ0) is 19.1. The number of carbonyl (C=O) groups excluding carboxylic acids is 1. The Morgan fingerprint density at radius 1 is 1.11 bits per heavy atom. The number of ether oxygens (including phenoxy) is 1. The summed E-state index contributed by atoms with van der Waals surface area (Å²) < 4.78 is 5.37. The van der Waals surface area contributed by atoms with Crippen LogP contribution in [0.25, 0.3) is 12.2 Å². The molecule has 0 atom stereocenters. The van der Waals surface area contributed by atoms with Gasteiger partial charge in [-0.1, -0.05) is 47.2 Å². The lowest BCUT2D eigenvalue weighted by Gasteiger charge is -2.06. The Kier molecular flexibility index (Phi) is 6.40. The predicted octanol–water partition coefficient (Wildman–Crippen LogP) is 5.40. The van der Waals surface area contributed by atoms with E-state index in [2.05, 4.69) is 20.8 Å². The molecule has 2 amide bonds. The van der Waals surface area contributed by atoms with Gasteiger partial charge in [0, 0.05) is 10.7 Å². The number of halogens is 1. The van der Waals surface area contributed by atoms with E-state index in [1.54, 1.807) is 30.3 Å². The predicted molar refractivity (Wildman–Crippen MR) is 111 cm³/mol. The molecular formula is C19H17ClN4O2S. The summed E-state index contributed by atoms with van der Waals surface area (Å²) in [5.41, 5.74) is 1.54. The second kappa shape index (κ2) is 9.16. The van der Waals surface area contributed by atoms with Gasteiger partial charge >= 0.3 is 6.03 Å². The molecule has 27 heavy (non-hydrogen) atoms. The fourth-order valence-corrected chi connectivity index (χ4v) is 3.02. The molecule has 138 valence electrons. The number of nitrogens with zero attached hydrogens (tertiary/aromatic N) is 2. The largest absolute Gasteiger partial charge is 0.494 e. The van der Waals surface area contributed by atoms with Gasteiger partial charge in [0.1, 0.15) is 10.8 Å². The zero-order valence-electron chi connectivity index (χ0n) is 14.5. The van der Waals surface area contributed by atoms with E-state index in [9.17, 15) is 4.79 Å². The number of anilines is 2. The van der Waals surface area contributed by atoms with Gasteiger partial charge in [-0.2, -0.15) is 0 Å². The maximum atomic E-state index is 12.1. The Bertz CT molecular complexity index is 941. The lowest BCUT2D eigenvalue weighted by molar-refractivity contribution is 0.262. The standard InChI is InChI=1S/C19H17ClN4O2S/c1-2-26-15-10-8-14(9-11-15)21-18(25)22-19-24-23-17(27-19)12-7-13-5-3-4-6-16(13)20/h3-12H,2H2,1H3,(H2,21,22,24,25)/b12-7+. The molecule has 3 aromatic rings. The van der Waals surface area contributed by atoms with Gasteiger partial charge in [0.15, 0.2) is 0 Å². The van der Waals surface area contributed by atoms with Crippen LogP contribution in [0, 0.1) is 0 Å². The Morgan fingerprint density at radius 2 is 1.89 bits per heavy atom. The third-order valence-electron chi connectivity index (χ3n) is 3.39. The normalized spacial score (nSPS) is 10.7. The van der Waals surface area contributed by atoms with E-state index in [0.29, 0.717) is 27.5 Å². The molecule has 0 unspecified atom stereocenters. The van der Waals surface area contributed by atoms with Gasteiger partial charge < -0.3 is 10.1 Å². The zero-order valence-corrected chi connectivity index (χ0v) is 16.1. The average molecular weight is 401 g/mol. The van der Waals surface area contributed by atoms with Gasteiger partial charge in [-0.15, -0.1) is 10.2 Å². The van der Waals surface area contributed by atoms with Crippen molar-refractivity contribution in [2.24, 2.45) is 0 Å². The van der Waals surface area contributed by atoms with E-state index in [4.69, 9.17) is 16.3 Å². The summed E-state index contributed by atoms with van der Waals surface area (Å²) in [6.07, 6.45) is 3.65. The van der Waals surface area contributed by atoms with Gasteiger partial charge in [-0.25, -0.2) is 4.79 Å². The van der Waals surface area contributed by atoms with Crippen molar-refractivity contribution in [1.82, 2.24) is 10.2 Å². The molecule has 1 aromatic heterocycles. The Balaban J connectivity index is 1.57. The van der Waals surface area contributed by atoms with E-state index in [1.807, 2.05) is 37.3 Å². The van der Waals surface area contributed by atoms with E-state index < -0.39 is 6.03 Å². The third kappa shape index (κ3) is 5.54. The number of aromatic nitrogens is 2. The molecule has 6 nitrogen and oxygen atoms in total. The SMILES string of the molecule is CCOc1ccc(NC(=O)Nc2nnc(/C=C/c3ccccc3Cl)s2)cc1. The molecule has 0 aliphatic heterocycles. The van der Waals surface area contributed by atoms with Crippen LogP contribution >= 0.6 is 22.9 Å². The lowest BCUT2D eigenvalue weighted by atomic mass is 10.2.